The van der Waals surface area contributed by atoms with E-state index in [-0.39, 0.29) is 0 Å². The lowest BCUT2D eigenvalue weighted by atomic mass is 9.71. The van der Waals surface area contributed by atoms with E-state index in [2.05, 4.69) is 73.3 Å². The van der Waals surface area contributed by atoms with Gasteiger partial charge in [-0.2, -0.15) is 0 Å². The summed E-state index contributed by atoms with van der Waals surface area (Å²) in [6, 6.07) is 19.7. The van der Waals surface area contributed by atoms with E-state index in [1.807, 2.05) is 0 Å². The predicted molar refractivity (Wildman–Crippen MR) is 90.2 cm³/mol. The fraction of sp³-hybridized carbons (Fsp3) is 0.0476. The third kappa shape index (κ3) is 1.30. The van der Waals surface area contributed by atoms with E-state index < -0.39 is 0 Å². The fourth-order valence-corrected chi connectivity index (χ4v) is 3.89. The number of benzene rings is 3. The van der Waals surface area contributed by atoms with E-state index in [1.54, 1.807) is 0 Å². The quantitative estimate of drug-likeness (QED) is 0.493. The highest BCUT2D eigenvalue weighted by atomic mass is 14.3. The molecular formula is C21H14. The van der Waals surface area contributed by atoms with Crippen LogP contribution in [0.3, 0.4) is 0 Å². The fourth-order valence-electron chi connectivity index (χ4n) is 3.89. The van der Waals surface area contributed by atoms with Crippen molar-refractivity contribution in [1.82, 2.24) is 0 Å². The summed E-state index contributed by atoms with van der Waals surface area (Å²) in [5.74, 6) is 0.313. The Balaban J connectivity index is 2.02. The Morgan fingerprint density at radius 2 is 1.62 bits per heavy atom. The van der Waals surface area contributed by atoms with E-state index in [4.69, 9.17) is 0 Å². The second kappa shape index (κ2) is 3.73. The SMILES string of the molecule is C=C1c2ccccc2-c2ccc3cccc4c3c2C1C=C4. The highest BCUT2D eigenvalue weighted by Crippen LogP contribution is 2.51. The molecule has 0 fully saturated rings. The van der Waals surface area contributed by atoms with Crippen LogP contribution < -0.4 is 0 Å². The monoisotopic (exact) mass is 266 g/mol. The lowest BCUT2D eigenvalue weighted by molar-refractivity contribution is 1.10. The zero-order valence-electron chi connectivity index (χ0n) is 11.6. The van der Waals surface area contributed by atoms with Crippen molar-refractivity contribution in [2.45, 2.75) is 5.92 Å². The van der Waals surface area contributed by atoms with Crippen LogP contribution in [0.2, 0.25) is 0 Å². The van der Waals surface area contributed by atoms with Crippen molar-refractivity contribution >= 4 is 22.4 Å². The van der Waals surface area contributed by atoms with Gasteiger partial charge in [-0.25, -0.2) is 0 Å². The minimum atomic E-state index is 0.313. The van der Waals surface area contributed by atoms with Gasteiger partial charge in [0, 0.05) is 5.92 Å². The molecule has 2 aliphatic carbocycles. The van der Waals surface area contributed by atoms with Crippen molar-refractivity contribution in [3.8, 4) is 11.1 Å². The summed E-state index contributed by atoms with van der Waals surface area (Å²) >= 11 is 0. The minimum absolute atomic E-state index is 0.313. The van der Waals surface area contributed by atoms with Gasteiger partial charge in [0.25, 0.3) is 0 Å². The molecule has 0 aromatic heterocycles. The summed E-state index contributed by atoms with van der Waals surface area (Å²) in [4.78, 5) is 0. The van der Waals surface area contributed by atoms with Crippen LogP contribution in [0, 0.1) is 0 Å². The van der Waals surface area contributed by atoms with Gasteiger partial charge in [-0.3, -0.25) is 0 Å². The standard InChI is InChI=1S/C21H14/c1-13-16-7-2-3-8-18(16)19-12-10-15-6-4-5-14-9-11-17(13)21(19)20(14)15/h2-12,17H,1H2. The largest absolute Gasteiger partial charge is 0.0943 e. The number of rotatable bonds is 0. The van der Waals surface area contributed by atoms with E-state index in [9.17, 15) is 0 Å². The van der Waals surface area contributed by atoms with Crippen molar-refractivity contribution in [2.24, 2.45) is 0 Å². The zero-order valence-corrected chi connectivity index (χ0v) is 11.6. The van der Waals surface area contributed by atoms with Crippen LogP contribution in [0.25, 0.3) is 33.5 Å². The molecule has 0 saturated carbocycles. The van der Waals surface area contributed by atoms with Crippen LogP contribution in [-0.4, -0.2) is 0 Å². The molecule has 98 valence electrons. The number of hydrogen-bond acceptors (Lipinski definition) is 0. The average molecular weight is 266 g/mol. The molecule has 0 bridgehead atoms. The smallest absolute Gasteiger partial charge is 0.0285 e. The van der Waals surface area contributed by atoms with Gasteiger partial charge in [-0.15, -0.1) is 0 Å². The molecule has 3 aromatic rings. The summed E-state index contributed by atoms with van der Waals surface area (Å²) in [6.45, 7) is 4.39. The third-order valence-corrected chi connectivity index (χ3v) is 4.84. The van der Waals surface area contributed by atoms with E-state index in [0.29, 0.717) is 5.92 Å². The first-order valence-electron chi connectivity index (χ1n) is 7.37. The first kappa shape index (κ1) is 11.1. The Hall–Kier alpha value is -2.60. The van der Waals surface area contributed by atoms with Gasteiger partial charge in [0.2, 0.25) is 0 Å². The first-order valence-corrected chi connectivity index (χ1v) is 7.37. The molecule has 0 N–H and O–H groups in total. The predicted octanol–water partition coefficient (Wildman–Crippen LogP) is 5.64. The molecule has 2 aliphatic rings. The van der Waals surface area contributed by atoms with E-state index in [1.165, 1.54) is 44.2 Å². The molecular weight excluding hydrogens is 252 g/mol. The van der Waals surface area contributed by atoms with Gasteiger partial charge in [-0.1, -0.05) is 73.3 Å². The van der Waals surface area contributed by atoms with Gasteiger partial charge >= 0.3 is 0 Å². The highest BCUT2D eigenvalue weighted by Gasteiger charge is 2.29. The molecule has 3 aromatic carbocycles. The molecule has 1 atom stereocenters. The summed E-state index contributed by atoms with van der Waals surface area (Å²) in [5, 5.41) is 2.73. The molecule has 0 nitrogen and oxygen atoms in total. The Labute approximate surface area is 124 Å². The van der Waals surface area contributed by atoms with Crippen molar-refractivity contribution in [3.05, 3.63) is 83.9 Å². The maximum Gasteiger partial charge on any atom is 0.0285 e. The second-order valence-electron chi connectivity index (χ2n) is 5.88. The maximum absolute atomic E-state index is 4.39. The van der Waals surface area contributed by atoms with Crippen LogP contribution in [0.4, 0.5) is 0 Å². The average Bonchev–Trinajstić information content (AvgIpc) is 2.55. The van der Waals surface area contributed by atoms with Crippen molar-refractivity contribution < 1.29 is 0 Å². The molecule has 0 amide bonds. The van der Waals surface area contributed by atoms with Gasteiger partial charge in [0.15, 0.2) is 0 Å². The van der Waals surface area contributed by atoms with Gasteiger partial charge in [-0.05, 0) is 44.2 Å². The Kier molecular flexibility index (Phi) is 1.97. The van der Waals surface area contributed by atoms with Crippen LogP contribution in [0.1, 0.15) is 22.6 Å². The van der Waals surface area contributed by atoms with Crippen molar-refractivity contribution in [3.63, 3.8) is 0 Å². The molecule has 1 unspecified atom stereocenters. The van der Waals surface area contributed by atoms with Crippen LogP contribution in [0.5, 0.6) is 0 Å². The molecule has 0 heterocycles. The van der Waals surface area contributed by atoms with E-state index >= 15 is 0 Å². The summed E-state index contributed by atoms with van der Waals surface area (Å²) in [6.07, 6.45) is 4.56. The Morgan fingerprint density at radius 3 is 2.52 bits per heavy atom. The molecule has 0 saturated heterocycles. The van der Waals surface area contributed by atoms with Crippen LogP contribution >= 0.6 is 0 Å². The van der Waals surface area contributed by atoms with Crippen LogP contribution in [-0.2, 0) is 0 Å². The zero-order chi connectivity index (χ0) is 14.0. The molecule has 0 heteroatoms. The van der Waals surface area contributed by atoms with Crippen LogP contribution in [0.15, 0.2) is 67.3 Å². The van der Waals surface area contributed by atoms with E-state index in [0.717, 1.165) is 0 Å². The van der Waals surface area contributed by atoms with Crippen molar-refractivity contribution in [2.75, 3.05) is 0 Å². The first-order chi connectivity index (χ1) is 10.3. The Bertz CT molecular complexity index is 957. The second-order valence-corrected chi connectivity index (χ2v) is 5.88. The lowest BCUT2D eigenvalue weighted by Gasteiger charge is -2.32. The maximum atomic E-state index is 4.39. The normalized spacial score (nSPS) is 17.9. The highest BCUT2D eigenvalue weighted by molar-refractivity contribution is 6.05. The van der Waals surface area contributed by atoms with Gasteiger partial charge in [0.1, 0.15) is 0 Å². The third-order valence-electron chi connectivity index (χ3n) is 4.84. The topological polar surface area (TPSA) is 0 Å². The summed E-state index contributed by atoms with van der Waals surface area (Å²) in [5.41, 5.74) is 7.96. The number of hydrogen-bond donors (Lipinski definition) is 0. The molecule has 5 rings (SSSR count). The minimum Gasteiger partial charge on any atom is -0.0943 e. The van der Waals surface area contributed by atoms with Gasteiger partial charge < -0.3 is 0 Å². The van der Waals surface area contributed by atoms with Gasteiger partial charge in [0.05, 0.1) is 0 Å². The molecule has 0 aliphatic heterocycles. The summed E-state index contributed by atoms with van der Waals surface area (Å²) in [7, 11) is 0. The molecule has 0 radical (unpaired) electrons. The number of fused-ring (bicyclic) bond motifs is 2. The Morgan fingerprint density at radius 1 is 0.762 bits per heavy atom. The summed E-state index contributed by atoms with van der Waals surface area (Å²) < 4.78 is 0. The lowest BCUT2D eigenvalue weighted by Crippen LogP contribution is -2.11. The molecule has 21 heavy (non-hydrogen) atoms. The van der Waals surface area contributed by atoms with Crippen molar-refractivity contribution in [1.29, 1.82) is 0 Å². The number of allylic oxidation sites excluding steroid dienone is 2. The molecule has 0 spiro atoms.